The Morgan fingerprint density at radius 1 is 0.815 bits per heavy atom. The van der Waals surface area contributed by atoms with Crippen LogP contribution in [-0.2, 0) is 0 Å². The summed E-state index contributed by atoms with van der Waals surface area (Å²) in [6.07, 6.45) is -0.625. The average Bonchev–Trinajstić information content (AvgIpc) is 3.05. The Kier molecular flexibility index (Phi) is 3.58. The molecule has 132 valence electrons. The van der Waals surface area contributed by atoms with Crippen LogP contribution >= 0.6 is 11.5 Å². The predicted molar refractivity (Wildman–Crippen MR) is 108 cm³/mol. The van der Waals surface area contributed by atoms with Crippen LogP contribution in [-0.4, -0.2) is 9.86 Å². The molecule has 0 bridgehead atoms. The maximum atomic E-state index is 13.3. The minimum absolute atomic E-state index is 0.110. The molecule has 0 fully saturated rings. The summed E-state index contributed by atoms with van der Waals surface area (Å²) >= 11 is 1.35. The second kappa shape index (κ2) is 6.10. The number of amides is 1. The Bertz CT molecular complexity index is 1210. The lowest BCUT2D eigenvalue weighted by Gasteiger charge is -2.37. The van der Waals surface area contributed by atoms with Gasteiger partial charge in [-0.05, 0) is 36.4 Å². The van der Waals surface area contributed by atoms with Gasteiger partial charge in [-0.25, -0.2) is 3.96 Å². The van der Waals surface area contributed by atoms with Crippen LogP contribution in [0.25, 0.3) is 10.1 Å². The number of fused-ring (bicyclic) bond motifs is 2. The van der Waals surface area contributed by atoms with E-state index in [1.54, 1.807) is 14.9 Å². The summed E-state index contributed by atoms with van der Waals surface area (Å²) in [6.45, 7) is 0. The maximum absolute atomic E-state index is 13.3. The van der Waals surface area contributed by atoms with Crippen LogP contribution < -0.4 is 15.8 Å². The number of hydrogen-bond acceptors (Lipinski definition) is 4. The van der Waals surface area contributed by atoms with Crippen molar-refractivity contribution in [3.05, 3.63) is 94.8 Å². The highest BCUT2D eigenvalue weighted by Gasteiger charge is 2.35. The molecule has 1 aromatic heterocycles. The monoisotopic (exact) mass is 373 g/mol. The third-order valence-corrected chi connectivity index (χ3v) is 5.79. The van der Waals surface area contributed by atoms with Crippen molar-refractivity contribution in [1.82, 2.24) is 3.96 Å². The summed E-state index contributed by atoms with van der Waals surface area (Å²) < 4.78 is 2.52. The Labute approximate surface area is 159 Å². The van der Waals surface area contributed by atoms with Crippen LogP contribution in [0, 0.1) is 0 Å². The van der Waals surface area contributed by atoms with Crippen LogP contribution in [0.2, 0.25) is 0 Å². The van der Waals surface area contributed by atoms with Gasteiger partial charge in [0.15, 0.2) is 0 Å². The Hall–Kier alpha value is -3.38. The van der Waals surface area contributed by atoms with Gasteiger partial charge in [-0.1, -0.05) is 54.0 Å². The maximum Gasteiger partial charge on any atom is 0.271 e. The van der Waals surface area contributed by atoms with Gasteiger partial charge in [0, 0.05) is 11.4 Å². The highest BCUT2D eigenvalue weighted by Crippen LogP contribution is 2.35. The molecule has 0 spiro atoms. The third-order valence-electron chi connectivity index (χ3n) is 4.68. The van der Waals surface area contributed by atoms with Crippen molar-refractivity contribution in [3.8, 4) is 0 Å². The molecular formula is C21H15N3O2S. The van der Waals surface area contributed by atoms with Gasteiger partial charge in [0.2, 0.25) is 6.29 Å². The molecule has 4 aromatic rings. The molecule has 1 unspecified atom stereocenters. The number of carbonyl (C=O) groups is 1. The molecule has 0 saturated heterocycles. The van der Waals surface area contributed by atoms with E-state index in [9.17, 15) is 9.59 Å². The molecule has 1 atom stereocenters. The topological polar surface area (TPSA) is 54.3 Å². The summed E-state index contributed by atoms with van der Waals surface area (Å²) in [5.41, 5.74) is 1.94. The van der Waals surface area contributed by atoms with Gasteiger partial charge in [-0.2, -0.15) is 0 Å². The summed E-state index contributed by atoms with van der Waals surface area (Å²) in [5.74, 6) is -0.134. The van der Waals surface area contributed by atoms with Crippen molar-refractivity contribution in [2.75, 3.05) is 10.2 Å². The van der Waals surface area contributed by atoms with E-state index in [-0.39, 0.29) is 11.5 Å². The quantitative estimate of drug-likeness (QED) is 0.570. The number of rotatable bonds is 2. The minimum atomic E-state index is -0.625. The molecule has 0 saturated carbocycles. The lowest BCUT2D eigenvalue weighted by atomic mass is 10.1. The van der Waals surface area contributed by atoms with E-state index in [0.717, 1.165) is 16.1 Å². The predicted octanol–water partition coefficient (Wildman–Crippen LogP) is 4.29. The number of aromatic nitrogens is 1. The van der Waals surface area contributed by atoms with E-state index in [1.807, 2.05) is 72.8 Å². The van der Waals surface area contributed by atoms with E-state index >= 15 is 0 Å². The fourth-order valence-corrected chi connectivity index (χ4v) is 4.43. The number of nitrogens with one attached hydrogen (secondary N) is 1. The van der Waals surface area contributed by atoms with E-state index in [2.05, 4.69) is 5.32 Å². The molecule has 3 aromatic carbocycles. The van der Waals surface area contributed by atoms with Gasteiger partial charge >= 0.3 is 0 Å². The van der Waals surface area contributed by atoms with Crippen LogP contribution in [0.1, 0.15) is 16.6 Å². The van der Waals surface area contributed by atoms with Crippen molar-refractivity contribution < 1.29 is 4.79 Å². The van der Waals surface area contributed by atoms with Gasteiger partial charge in [-0.15, -0.1) is 0 Å². The van der Waals surface area contributed by atoms with Crippen LogP contribution in [0.15, 0.2) is 83.7 Å². The highest BCUT2D eigenvalue weighted by molar-refractivity contribution is 7.13. The van der Waals surface area contributed by atoms with Gasteiger partial charge < -0.3 is 5.32 Å². The van der Waals surface area contributed by atoms with Gasteiger partial charge in [0.05, 0.1) is 15.6 Å². The molecule has 1 amide bonds. The minimum Gasteiger partial charge on any atom is -0.346 e. The second-order valence-electron chi connectivity index (χ2n) is 6.29. The van der Waals surface area contributed by atoms with Crippen molar-refractivity contribution in [2.24, 2.45) is 0 Å². The zero-order valence-corrected chi connectivity index (χ0v) is 15.0. The van der Waals surface area contributed by atoms with Crippen LogP contribution in [0.5, 0.6) is 0 Å². The fraction of sp³-hybridized carbons (Fsp3) is 0.0476. The number of carbonyl (C=O) groups excluding carboxylic acids is 1. The molecule has 0 radical (unpaired) electrons. The lowest BCUT2D eigenvalue weighted by molar-refractivity contribution is 0.0966. The van der Waals surface area contributed by atoms with Gasteiger partial charge in [-0.3, -0.25) is 14.5 Å². The first-order valence-electron chi connectivity index (χ1n) is 8.59. The molecule has 5 nitrogen and oxygen atoms in total. The number of anilines is 2. The van der Waals surface area contributed by atoms with Crippen LogP contribution in [0.4, 0.5) is 11.4 Å². The molecule has 0 aliphatic carbocycles. The standard InChI is InChI=1S/C21H15N3O2S/c25-19-15-10-4-6-12-17(15)22-21(23(19)14-8-2-1-3-9-14)24-20(26)16-11-5-7-13-18(16)27-24/h1-13,21-22H. The fourth-order valence-electron chi connectivity index (χ4n) is 3.40. The van der Waals surface area contributed by atoms with Crippen molar-refractivity contribution in [3.63, 3.8) is 0 Å². The van der Waals surface area contributed by atoms with E-state index in [4.69, 9.17) is 0 Å². The zero-order valence-electron chi connectivity index (χ0n) is 14.2. The number of para-hydroxylation sites is 2. The number of nitrogens with zero attached hydrogens (tertiary/aromatic N) is 2. The van der Waals surface area contributed by atoms with E-state index < -0.39 is 6.29 Å². The Morgan fingerprint density at radius 3 is 2.33 bits per heavy atom. The molecule has 6 heteroatoms. The Morgan fingerprint density at radius 2 is 1.52 bits per heavy atom. The zero-order chi connectivity index (χ0) is 18.4. The summed E-state index contributed by atoms with van der Waals surface area (Å²) in [4.78, 5) is 28.0. The summed E-state index contributed by atoms with van der Waals surface area (Å²) in [6, 6.07) is 24.3. The van der Waals surface area contributed by atoms with E-state index in [1.165, 1.54) is 11.5 Å². The third kappa shape index (κ3) is 2.45. The number of hydrogen-bond donors (Lipinski definition) is 1. The lowest BCUT2D eigenvalue weighted by Crippen LogP contribution is -2.47. The van der Waals surface area contributed by atoms with Crippen molar-refractivity contribution >= 4 is 38.9 Å². The molecule has 1 aliphatic heterocycles. The van der Waals surface area contributed by atoms with Crippen molar-refractivity contribution in [1.29, 1.82) is 0 Å². The van der Waals surface area contributed by atoms with Crippen molar-refractivity contribution in [2.45, 2.75) is 6.29 Å². The second-order valence-corrected chi connectivity index (χ2v) is 7.31. The largest absolute Gasteiger partial charge is 0.346 e. The van der Waals surface area contributed by atoms with E-state index in [0.29, 0.717) is 10.9 Å². The van der Waals surface area contributed by atoms with Gasteiger partial charge in [0.25, 0.3) is 11.5 Å². The smallest absolute Gasteiger partial charge is 0.271 e. The SMILES string of the molecule is O=C1c2ccccc2NC(n2sc3ccccc3c2=O)N1c1ccccc1. The molecule has 2 heterocycles. The normalized spacial score (nSPS) is 16.2. The van der Waals surface area contributed by atoms with Crippen LogP contribution in [0.3, 0.4) is 0 Å². The highest BCUT2D eigenvalue weighted by atomic mass is 32.1. The molecular weight excluding hydrogens is 358 g/mol. The average molecular weight is 373 g/mol. The first-order chi connectivity index (χ1) is 13.2. The molecule has 1 N–H and O–H groups in total. The molecule has 27 heavy (non-hydrogen) atoms. The summed E-state index contributed by atoms with van der Waals surface area (Å²) in [5, 5.41) is 4.03. The molecule has 5 rings (SSSR count). The van der Waals surface area contributed by atoms with Gasteiger partial charge in [0.1, 0.15) is 0 Å². The summed E-state index contributed by atoms with van der Waals surface area (Å²) in [7, 11) is 0. The molecule has 1 aliphatic rings. The number of benzene rings is 3. The first kappa shape index (κ1) is 15.8. The Balaban J connectivity index is 1.74. The first-order valence-corrected chi connectivity index (χ1v) is 9.36.